The summed E-state index contributed by atoms with van der Waals surface area (Å²) in [6.07, 6.45) is 8.64. The van der Waals surface area contributed by atoms with Gasteiger partial charge in [-0.1, -0.05) is 12.1 Å². The number of thiophene rings is 1. The number of rotatable bonds is 6. The van der Waals surface area contributed by atoms with E-state index in [1.807, 2.05) is 13.1 Å². The molecule has 0 amide bonds. The Bertz CT molecular complexity index is 1300. The van der Waals surface area contributed by atoms with Gasteiger partial charge in [0.15, 0.2) is 0 Å². The molecule has 0 fully saturated rings. The number of nitrogens with zero attached hydrogens (tertiary/aromatic N) is 4. The van der Waals surface area contributed by atoms with E-state index < -0.39 is 0 Å². The van der Waals surface area contributed by atoms with Crippen LogP contribution in [0, 0.1) is 12.7 Å². The molecule has 1 N–H and O–H groups in total. The van der Waals surface area contributed by atoms with Gasteiger partial charge in [0.25, 0.3) is 5.56 Å². The Morgan fingerprint density at radius 2 is 2.03 bits per heavy atom. The Balaban J connectivity index is 1.30. The van der Waals surface area contributed by atoms with E-state index in [1.165, 1.54) is 17.0 Å². The van der Waals surface area contributed by atoms with Gasteiger partial charge in [-0.3, -0.25) is 19.3 Å². The first-order valence-electron chi connectivity index (χ1n) is 10.8. The van der Waals surface area contributed by atoms with E-state index in [-0.39, 0.29) is 11.4 Å². The molecule has 0 aliphatic heterocycles. The molecule has 1 atom stereocenters. The van der Waals surface area contributed by atoms with E-state index >= 15 is 0 Å². The molecule has 32 heavy (non-hydrogen) atoms. The quantitative estimate of drug-likeness (QED) is 0.487. The van der Waals surface area contributed by atoms with Gasteiger partial charge in [0.1, 0.15) is 10.6 Å². The third-order valence-corrected chi connectivity index (χ3v) is 7.16. The van der Waals surface area contributed by atoms with Gasteiger partial charge in [-0.15, -0.1) is 11.3 Å². The van der Waals surface area contributed by atoms with E-state index in [4.69, 9.17) is 0 Å². The van der Waals surface area contributed by atoms with Crippen LogP contribution in [0.2, 0.25) is 0 Å². The molecule has 1 unspecified atom stereocenters. The van der Waals surface area contributed by atoms with E-state index in [0.29, 0.717) is 25.6 Å². The van der Waals surface area contributed by atoms with Crippen molar-refractivity contribution in [2.45, 2.75) is 51.7 Å². The number of benzene rings is 1. The molecule has 1 aliphatic carbocycles. The van der Waals surface area contributed by atoms with Crippen molar-refractivity contribution in [2.24, 2.45) is 0 Å². The summed E-state index contributed by atoms with van der Waals surface area (Å²) in [5.74, 6) is -0.251. The fraction of sp³-hybridized carbons (Fsp3) is 0.333. The van der Waals surface area contributed by atoms with Crippen LogP contribution in [-0.4, -0.2) is 25.6 Å². The van der Waals surface area contributed by atoms with Crippen molar-refractivity contribution in [3.63, 3.8) is 0 Å². The average Bonchev–Trinajstić information content (AvgIpc) is 3.18. The Morgan fingerprint density at radius 1 is 1.19 bits per heavy atom. The fourth-order valence-corrected chi connectivity index (χ4v) is 5.45. The predicted molar refractivity (Wildman–Crippen MR) is 123 cm³/mol. The number of nitrogens with one attached hydrogen (secondary N) is 1. The highest BCUT2D eigenvalue weighted by Gasteiger charge is 2.25. The molecule has 1 aliphatic rings. The zero-order valence-electron chi connectivity index (χ0n) is 17.8. The Labute approximate surface area is 189 Å². The Morgan fingerprint density at radius 3 is 2.81 bits per heavy atom. The lowest BCUT2D eigenvalue weighted by atomic mass is 9.93. The normalized spacial score (nSPS) is 15.8. The van der Waals surface area contributed by atoms with Crippen LogP contribution in [-0.2, 0) is 32.4 Å². The molecule has 0 spiro atoms. The number of aryl methyl sites for hydroxylation is 4. The van der Waals surface area contributed by atoms with E-state index in [2.05, 4.69) is 20.3 Å². The smallest absolute Gasteiger partial charge is 0.262 e. The molecule has 164 valence electrons. The van der Waals surface area contributed by atoms with Crippen LogP contribution >= 0.6 is 11.3 Å². The molecule has 0 saturated heterocycles. The Kier molecular flexibility index (Phi) is 5.80. The summed E-state index contributed by atoms with van der Waals surface area (Å²) in [6.45, 7) is 3.14. The highest BCUT2D eigenvalue weighted by Crippen LogP contribution is 2.33. The predicted octanol–water partition coefficient (Wildman–Crippen LogP) is 3.59. The topological polar surface area (TPSA) is 72.7 Å². The minimum Gasteiger partial charge on any atom is -0.308 e. The van der Waals surface area contributed by atoms with Crippen molar-refractivity contribution < 1.29 is 4.39 Å². The molecule has 3 heterocycles. The maximum absolute atomic E-state index is 13.2. The Hall–Kier alpha value is -2.97. The first-order chi connectivity index (χ1) is 15.6. The first-order valence-corrected chi connectivity index (χ1v) is 11.6. The van der Waals surface area contributed by atoms with E-state index in [9.17, 15) is 9.18 Å². The van der Waals surface area contributed by atoms with Gasteiger partial charge in [0.2, 0.25) is 0 Å². The van der Waals surface area contributed by atoms with Crippen LogP contribution in [0.4, 0.5) is 4.39 Å². The lowest BCUT2D eigenvalue weighted by Gasteiger charge is -2.23. The van der Waals surface area contributed by atoms with Crippen molar-refractivity contribution in [1.82, 2.24) is 24.8 Å². The molecule has 3 aromatic heterocycles. The zero-order valence-corrected chi connectivity index (χ0v) is 18.7. The van der Waals surface area contributed by atoms with Crippen molar-refractivity contribution in [3.8, 4) is 0 Å². The third kappa shape index (κ3) is 4.33. The van der Waals surface area contributed by atoms with Crippen LogP contribution in [0.15, 0.2) is 47.8 Å². The number of fused-ring (bicyclic) bond motifs is 3. The number of aromatic nitrogens is 4. The minimum atomic E-state index is -0.251. The SMILES string of the molecule is Cc1cnc(CNC2CCc3c(sc4ncn(CCc5ccc(F)cc5)c(=O)c34)C2)cn1. The summed E-state index contributed by atoms with van der Waals surface area (Å²) in [4.78, 5) is 28.6. The molecule has 0 saturated carbocycles. The highest BCUT2D eigenvalue weighted by molar-refractivity contribution is 7.18. The first kappa shape index (κ1) is 20.9. The monoisotopic (exact) mass is 449 g/mol. The summed E-state index contributed by atoms with van der Waals surface area (Å²) in [5, 5.41) is 4.36. The second-order valence-corrected chi connectivity index (χ2v) is 9.36. The van der Waals surface area contributed by atoms with Crippen molar-refractivity contribution in [2.75, 3.05) is 0 Å². The van der Waals surface area contributed by atoms with Gasteiger partial charge >= 0.3 is 0 Å². The molecular weight excluding hydrogens is 425 g/mol. The zero-order chi connectivity index (χ0) is 22.1. The van der Waals surface area contributed by atoms with Crippen molar-refractivity contribution in [3.05, 3.63) is 86.5 Å². The van der Waals surface area contributed by atoms with Crippen LogP contribution < -0.4 is 10.9 Å². The van der Waals surface area contributed by atoms with Crippen molar-refractivity contribution in [1.29, 1.82) is 0 Å². The molecule has 8 heteroatoms. The maximum Gasteiger partial charge on any atom is 0.262 e. The molecule has 4 aromatic rings. The lowest BCUT2D eigenvalue weighted by Crippen LogP contribution is -2.34. The van der Waals surface area contributed by atoms with Crippen LogP contribution in [0.25, 0.3) is 10.2 Å². The number of halogens is 1. The molecule has 1 aromatic carbocycles. The van der Waals surface area contributed by atoms with Gasteiger partial charge in [-0.05, 0) is 55.9 Å². The minimum absolute atomic E-state index is 0.0240. The van der Waals surface area contributed by atoms with E-state index in [1.54, 1.807) is 40.6 Å². The van der Waals surface area contributed by atoms with Gasteiger partial charge in [0.05, 0.1) is 23.1 Å². The molecule has 0 radical (unpaired) electrons. The second kappa shape index (κ2) is 8.88. The average molecular weight is 450 g/mol. The fourth-order valence-electron chi connectivity index (χ4n) is 4.19. The highest BCUT2D eigenvalue weighted by atomic mass is 32.1. The maximum atomic E-state index is 13.2. The molecular formula is C24H24FN5OS. The summed E-state index contributed by atoms with van der Waals surface area (Å²) < 4.78 is 14.8. The number of hydrogen-bond donors (Lipinski definition) is 1. The van der Waals surface area contributed by atoms with Crippen LogP contribution in [0.5, 0.6) is 0 Å². The van der Waals surface area contributed by atoms with Gasteiger partial charge in [-0.25, -0.2) is 9.37 Å². The second-order valence-electron chi connectivity index (χ2n) is 8.27. The standard InChI is InChI=1S/C24H24FN5OS/c1-15-11-27-19(12-26-15)13-28-18-6-7-20-21(10-18)32-23-22(20)24(31)30(14-29-23)9-8-16-2-4-17(25)5-3-16/h2-5,11-12,14,18,28H,6-10,13H2,1H3. The van der Waals surface area contributed by atoms with Crippen LogP contribution in [0.3, 0.4) is 0 Å². The third-order valence-electron chi connectivity index (χ3n) is 6.00. The van der Waals surface area contributed by atoms with Gasteiger partial charge in [-0.2, -0.15) is 0 Å². The summed E-state index contributed by atoms with van der Waals surface area (Å²) in [5.41, 5.74) is 4.03. The lowest BCUT2D eigenvalue weighted by molar-refractivity contribution is 0.459. The molecule has 6 nitrogen and oxygen atoms in total. The number of hydrogen-bond acceptors (Lipinski definition) is 6. The van der Waals surface area contributed by atoms with Gasteiger partial charge < -0.3 is 5.32 Å². The molecule has 0 bridgehead atoms. The van der Waals surface area contributed by atoms with Crippen LogP contribution in [0.1, 0.15) is 33.8 Å². The van der Waals surface area contributed by atoms with E-state index in [0.717, 1.165) is 52.0 Å². The summed E-state index contributed by atoms with van der Waals surface area (Å²) >= 11 is 1.63. The summed E-state index contributed by atoms with van der Waals surface area (Å²) in [7, 11) is 0. The largest absolute Gasteiger partial charge is 0.308 e. The summed E-state index contributed by atoms with van der Waals surface area (Å²) in [6, 6.07) is 6.76. The van der Waals surface area contributed by atoms with Crippen molar-refractivity contribution >= 4 is 21.6 Å². The van der Waals surface area contributed by atoms with Gasteiger partial charge in [0, 0.05) is 36.4 Å². The molecule has 5 rings (SSSR count).